The molecule has 0 aliphatic carbocycles. The number of amides is 1. The lowest BCUT2D eigenvalue weighted by Gasteiger charge is -2.14. The Bertz CT molecular complexity index is 1110. The van der Waals surface area contributed by atoms with Crippen molar-refractivity contribution in [2.45, 2.75) is 24.8 Å². The summed E-state index contributed by atoms with van der Waals surface area (Å²) in [5.74, 6) is -0.213. The Morgan fingerprint density at radius 1 is 1.11 bits per heavy atom. The molecule has 1 atom stereocenters. The van der Waals surface area contributed by atoms with Crippen molar-refractivity contribution in [3.05, 3.63) is 69.7 Å². The summed E-state index contributed by atoms with van der Waals surface area (Å²) < 4.78 is 23.1. The maximum absolute atomic E-state index is 12.7. The van der Waals surface area contributed by atoms with Gasteiger partial charge in [0.2, 0.25) is 0 Å². The quantitative estimate of drug-likeness (QED) is 0.633. The largest absolute Gasteiger partial charge is 0.345 e. The molecule has 5 nitrogen and oxygen atoms in total. The van der Waals surface area contributed by atoms with Gasteiger partial charge in [0.1, 0.15) is 9.88 Å². The van der Waals surface area contributed by atoms with E-state index in [2.05, 4.69) is 10.3 Å². The van der Waals surface area contributed by atoms with Crippen LogP contribution >= 0.6 is 22.9 Å². The van der Waals surface area contributed by atoms with Crippen molar-refractivity contribution in [3.8, 4) is 10.6 Å². The minimum absolute atomic E-state index is 0.213. The summed E-state index contributed by atoms with van der Waals surface area (Å²) >= 11 is 7.25. The van der Waals surface area contributed by atoms with Crippen LogP contribution in [0.1, 0.15) is 33.9 Å². The number of sulfone groups is 1. The molecule has 0 spiro atoms. The molecule has 2 aromatic carbocycles. The third kappa shape index (κ3) is 4.60. The lowest BCUT2D eigenvalue weighted by Crippen LogP contribution is -2.26. The van der Waals surface area contributed by atoms with Gasteiger partial charge in [0.15, 0.2) is 9.84 Å². The SMILES string of the molecule is Cc1nc(-c2ccc(Cl)cc2)sc1C(=O)NC(C)c1ccc(S(C)(=O)=O)cc1. The van der Waals surface area contributed by atoms with Crippen molar-refractivity contribution < 1.29 is 13.2 Å². The number of aromatic nitrogens is 1. The number of hydrogen-bond donors (Lipinski definition) is 1. The van der Waals surface area contributed by atoms with Crippen LogP contribution in [0, 0.1) is 6.92 Å². The van der Waals surface area contributed by atoms with Gasteiger partial charge in [0.05, 0.1) is 16.6 Å². The van der Waals surface area contributed by atoms with E-state index < -0.39 is 9.84 Å². The molecule has 1 aromatic heterocycles. The minimum Gasteiger partial charge on any atom is -0.345 e. The van der Waals surface area contributed by atoms with Crippen molar-refractivity contribution in [2.24, 2.45) is 0 Å². The predicted octanol–water partition coefficient (Wildman–Crippen LogP) is 4.67. The van der Waals surface area contributed by atoms with Gasteiger partial charge in [0, 0.05) is 16.8 Å². The third-order valence-corrected chi connectivity index (χ3v) is 6.84. The van der Waals surface area contributed by atoms with E-state index in [1.54, 1.807) is 43.3 Å². The van der Waals surface area contributed by atoms with Crippen LogP contribution in [-0.2, 0) is 9.84 Å². The molecule has 1 unspecified atom stereocenters. The third-order valence-electron chi connectivity index (χ3n) is 4.25. The number of hydrogen-bond acceptors (Lipinski definition) is 5. The topological polar surface area (TPSA) is 76.1 Å². The van der Waals surface area contributed by atoms with Gasteiger partial charge in [-0.25, -0.2) is 13.4 Å². The van der Waals surface area contributed by atoms with E-state index in [0.29, 0.717) is 15.6 Å². The average Bonchev–Trinajstić information content (AvgIpc) is 3.03. The van der Waals surface area contributed by atoms with E-state index in [4.69, 9.17) is 11.6 Å². The zero-order valence-corrected chi connectivity index (χ0v) is 18.0. The fourth-order valence-corrected chi connectivity index (χ4v) is 4.40. The maximum Gasteiger partial charge on any atom is 0.263 e. The summed E-state index contributed by atoms with van der Waals surface area (Å²) in [6, 6.07) is 13.5. The highest BCUT2D eigenvalue weighted by atomic mass is 35.5. The van der Waals surface area contributed by atoms with Gasteiger partial charge in [-0.1, -0.05) is 35.9 Å². The number of rotatable bonds is 5. The summed E-state index contributed by atoms with van der Waals surface area (Å²) in [6.45, 7) is 3.65. The van der Waals surface area contributed by atoms with E-state index >= 15 is 0 Å². The molecule has 146 valence electrons. The molecular weight excluding hydrogens is 416 g/mol. The monoisotopic (exact) mass is 434 g/mol. The highest BCUT2D eigenvalue weighted by molar-refractivity contribution is 7.90. The Balaban J connectivity index is 1.76. The molecule has 0 saturated carbocycles. The van der Waals surface area contributed by atoms with Crippen molar-refractivity contribution in [2.75, 3.05) is 6.26 Å². The molecule has 0 radical (unpaired) electrons. The van der Waals surface area contributed by atoms with E-state index in [0.717, 1.165) is 22.4 Å². The van der Waals surface area contributed by atoms with Crippen molar-refractivity contribution in [1.82, 2.24) is 10.3 Å². The van der Waals surface area contributed by atoms with Gasteiger partial charge in [0.25, 0.3) is 5.91 Å². The molecule has 0 fully saturated rings. The number of nitrogens with one attached hydrogen (secondary N) is 1. The Hall–Kier alpha value is -2.22. The Kier molecular flexibility index (Phi) is 5.88. The van der Waals surface area contributed by atoms with E-state index in [9.17, 15) is 13.2 Å². The van der Waals surface area contributed by atoms with Crippen molar-refractivity contribution >= 4 is 38.7 Å². The van der Waals surface area contributed by atoms with Gasteiger partial charge in [-0.2, -0.15) is 0 Å². The van der Waals surface area contributed by atoms with E-state index in [1.807, 2.05) is 19.1 Å². The zero-order chi connectivity index (χ0) is 20.5. The summed E-state index contributed by atoms with van der Waals surface area (Å²) in [4.78, 5) is 18.0. The first-order valence-electron chi connectivity index (χ1n) is 8.49. The number of carbonyl (C=O) groups is 1. The Morgan fingerprint density at radius 2 is 1.71 bits per heavy atom. The van der Waals surface area contributed by atoms with Gasteiger partial charge in [-0.15, -0.1) is 11.3 Å². The summed E-state index contributed by atoms with van der Waals surface area (Å²) in [7, 11) is -3.25. The average molecular weight is 435 g/mol. The fourth-order valence-electron chi connectivity index (χ4n) is 2.67. The lowest BCUT2D eigenvalue weighted by molar-refractivity contribution is 0.0943. The standard InChI is InChI=1S/C20H19ClN2O3S2/c1-12(14-6-10-17(11-7-14)28(3,25)26)22-19(24)18-13(2)23-20(27-18)15-4-8-16(21)9-5-15/h4-12H,1-3H3,(H,22,24). The summed E-state index contributed by atoms with van der Waals surface area (Å²) in [6.07, 6.45) is 1.16. The number of aryl methyl sites for hydroxylation is 1. The molecule has 0 aliphatic heterocycles. The molecule has 0 saturated heterocycles. The number of thiazole rings is 1. The first-order chi connectivity index (χ1) is 13.1. The summed E-state index contributed by atoms with van der Waals surface area (Å²) in [5.41, 5.74) is 2.38. The normalized spacial score (nSPS) is 12.6. The first kappa shape index (κ1) is 20.5. The molecule has 3 aromatic rings. The fraction of sp³-hybridized carbons (Fsp3) is 0.200. The Morgan fingerprint density at radius 3 is 2.29 bits per heavy atom. The summed E-state index contributed by atoms with van der Waals surface area (Å²) in [5, 5.41) is 4.34. The van der Waals surface area contributed by atoms with Crippen LogP contribution < -0.4 is 5.32 Å². The van der Waals surface area contributed by atoms with Crippen LogP contribution in [0.15, 0.2) is 53.4 Å². The molecule has 1 N–H and O–H groups in total. The predicted molar refractivity (Wildman–Crippen MR) is 113 cm³/mol. The van der Waals surface area contributed by atoms with Crippen LogP contribution in [0.2, 0.25) is 5.02 Å². The highest BCUT2D eigenvalue weighted by Crippen LogP contribution is 2.29. The smallest absolute Gasteiger partial charge is 0.263 e. The first-order valence-corrected chi connectivity index (χ1v) is 11.6. The molecule has 0 aliphatic rings. The number of nitrogens with zero attached hydrogens (tertiary/aromatic N) is 1. The molecule has 3 rings (SSSR count). The number of carbonyl (C=O) groups excluding carboxylic acids is 1. The van der Waals surface area contributed by atoms with Gasteiger partial charge < -0.3 is 5.32 Å². The second-order valence-corrected chi connectivity index (χ2v) is 9.93. The Labute approximate surface area is 173 Å². The van der Waals surface area contributed by atoms with Gasteiger partial charge >= 0.3 is 0 Å². The molecule has 0 bridgehead atoms. The van der Waals surface area contributed by atoms with Crippen molar-refractivity contribution in [1.29, 1.82) is 0 Å². The zero-order valence-electron chi connectivity index (χ0n) is 15.6. The van der Waals surface area contributed by atoms with E-state index in [-0.39, 0.29) is 16.8 Å². The van der Waals surface area contributed by atoms with Gasteiger partial charge in [-0.05, 0) is 43.7 Å². The van der Waals surface area contributed by atoms with Gasteiger partial charge in [-0.3, -0.25) is 4.79 Å². The molecule has 1 amide bonds. The lowest BCUT2D eigenvalue weighted by atomic mass is 10.1. The van der Waals surface area contributed by atoms with Crippen LogP contribution in [0.3, 0.4) is 0 Å². The second-order valence-electron chi connectivity index (χ2n) is 6.48. The molecule has 28 heavy (non-hydrogen) atoms. The minimum atomic E-state index is -3.25. The number of benzene rings is 2. The van der Waals surface area contributed by atoms with Crippen LogP contribution in [0.4, 0.5) is 0 Å². The van der Waals surface area contributed by atoms with Crippen LogP contribution in [-0.4, -0.2) is 25.6 Å². The molecule has 1 heterocycles. The van der Waals surface area contributed by atoms with E-state index in [1.165, 1.54) is 11.3 Å². The molecular formula is C20H19ClN2O3S2. The number of halogens is 1. The maximum atomic E-state index is 12.7. The highest BCUT2D eigenvalue weighted by Gasteiger charge is 2.19. The second kappa shape index (κ2) is 8.03. The van der Waals surface area contributed by atoms with Crippen LogP contribution in [0.5, 0.6) is 0 Å². The van der Waals surface area contributed by atoms with Crippen molar-refractivity contribution in [3.63, 3.8) is 0 Å². The van der Waals surface area contributed by atoms with Crippen LogP contribution in [0.25, 0.3) is 10.6 Å². The molecule has 8 heteroatoms.